The van der Waals surface area contributed by atoms with Gasteiger partial charge in [0.05, 0.1) is 17.6 Å². The molecule has 0 radical (unpaired) electrons. The SMILES string of the molecule is CC(c1ncc(-c2ccccc2)o1)N1CCc2c(sc3ncnc(N)c23)C1. The zero-order chi connectivity index (χ0) is 18.4. The number of benzene rings is 1. The first-order valence-corrected chi connectivity index (χ1v) is 9.78. The van der Waals surface area contributed by atoms with Gasteiger partial charge in [-0.05, 0) is 18.9 Å². The van der Waals surface area contributed by atoms with Crippen LogP contribution in [0.2, 0.25) is 0 Å². The molecule has 0 aliphatic carbocycles. The highest BCUT2D eigenvalue weighted by molar-refractivity contribution is 7.18. The van der Waals surface area contributed by atoms with Crippen LogP contribution in [0.15, 0.2) is 47.3 Å². The van der Waals surface area contributed by atoms with Crippen LogP contribution in [0.1, 0.15) is 29.3 Å². The molecule has 0 saturated heterocycles. The molecule has 1 unspecified atom stereocenters. The van der Waals surface area contributed by atoms with E-state index in [0.29, 0.717) is 5.82 Å². The molecule has 4 aromatic rings. The fourth-order valence-corrected chi connectivity index (χ4v) is 4.90. The Hall–Kier alpha value is -2.77. The first-order valence-electron chi connectivity index (χ1n) is 8.96. The van der Waals surface area contributed by atoms with Crippen LogP contribution in [0.4, 0.5) is 5.82 Å². The molecule has 7 heteroatoms. The quantitative estimate of drug-likeness (QED) is 0.580. The van der Waals surface area contributed by atoms with Crippen molar-refractivity contribution < 1.29 is 4.42 Å². The van der Waals surface area contributed by atoms with Gasteiger partial charge in [-0.2, -0.15) is 0 Å². The Bertz CT molecular complexity index is 1100. The van der Waals surface area contributed by atoms with Crippen molar-refractivity contribution in [3.8, 4) is 11.3 Å². The number of fused-ring (bicyclic) bond motifs is 3. The Morgan fingerprint density at radius 3 is 2.89 bits per heavy atom. The number of nitrogens with two attached hydrogens (primary N) is 1. The molecule has 0 saturated carbocycles. The first kappa shape index (κ1) is 16.4. The van der Waals surface area contributed by atoms with Crippen molar-refractivity contribution in [1.82, 2.24) is 19.9 Å². The highest BCUT2D eigenvalue weighted by atomic mass is 32.1. The number of nitrogen functional groups attached to an aromatic ring is 1. The second kappa shape index (κ2) is 6.44. The summed E-state index contributed by atoms with van der Waals surface area (Å²) in [5, 5.41) is 1.03. The Labute approximate surface area is 160 Å². The summed E-state index contributed by atoms with van der Waals surface area (Å²) in [6.07, 6.45) is 4.29. The lowest BCUT2D eigenvalue weighted by Crippen LogP contribution is -2.32. The summed E-state index contributed by atoms with van der Waals surface area (Å²) >= 11 is 1.71. The average Bonchev–Trinajstić information content (AvgIpc) is 3.33. The first-order chi connectivity index (χ1) is 13.2. The van der Waals surface area contributed by atoms with Crippen LogP contribution in [0.25, 0.3) is 21.5 Å². The van der Waals surface area contributed by atoms with Crippen LogP contribution in [0.5, 0.6) is 0 Å². The summed E-state index contributed by atoms with van der Waals surface area (Å²) in [5.41, 5.74) is 8.43. The Kier molecular flexibility index (Phi) is 3.91. The summed E-state index contributed by atoms with van der Waals surface area (Å²) in [6.45, 7) is 3.92. The number of hydrogen-bond acceptors (Lipinski definition) is 7. The zero-order valence-electron chi connectivity index (χ0n) is 14.9. The molecule has 0 spiro atoms. The molecule has 1 aromatic carbocycles. The van der Waals surface area contributed by atoms with Crippen molar-refractivity contribution in [2.75, 3.05) is 12.3 Å². The highest BCUT2D eigenvalue weighted by Crippen LogP contribution is 2.38. The molecular formula is C20H19N5OS. The summed E-state index contributed by atoms with van der Waals surface area (Å²) < 4.78 is 6.06. The van der Waals surface area contributed by atoms with Crippen molar-refractivity contribution in [3.63, 3.8) is 0 Å². The predicted octanol–water partition coefficient (Wildman–Crippen LogP) is 4.05. The van der Waals surface area contributed by atoms with Crippen LogP contribution >= 0.6 is 11.3 Å². The third-order valence-electron chi connectivity index (χ3n) is 5.18. The molecule has 1 aliphatic heterocycles. The van der Waals surface area contributed by atoms with E-state index in [2.05, 4.69) is 26.8 Å². The van der Waals surface area contributed by atoms with Crippen LogP contribution in [-0.2, 0) is 13.0 Å². The predicted molar refractivity (Wildman–Crippen MR) is 106 cm³/mol. The van der Waals surface area contributed by atoms with E-state index in [9.17, 15) is 0 Å². The van der Waals surface area contributed by atoms with E-state index in [1.807, 2.05) is 36.5 Å². The molecule has 0 fully saturated rings. The van der Waals surface area contributed by atoms with Gasteiger partial charge in [0.25, 0.3) is 0 Å². The van der Waals surface area contributed by atoms with E-state index >= 15 is 0 Å². The van der Waals surface area contributed by atoms with Gasteiger partial charge in [-0.1, -0.05) is 30.3 Å². The molecular weight excluding hydrogens is 358 g/mol. The second-order valence-corrected chi connectivity index (χ2v) is 7.85. The van der Waals surface area contributed by atoms with E-state index in [-0.39, 0.29) is 6.04 Å². The summed E-state index contributed by atoms with van der Waals surface area (Å²) in [6, 6.07) is 10.2. The van der Waals surface area contributed by atoms with Gasteiger partial charge < -0.3 is 10.2 Å². The molecule has 2 N–H and O–H groups in total. The number of thiophene rings is 1. The standard InChI is InChI=1S/C20H19N5OS/c1-12(19-22-9-15(26-19)13-5-3-2-4-6-13)25-8-7-14-16(10-25)27-20-17(14)18(21)23-11-24-20/h2-6,9,11-12H,7-8,10H2,1H3,(H2,21,23,24). The molecule has 5 rings (SSSR count). The summed E-state index contributed by atoms with van der Waals surface area (Å²) in [5.74, 6) is 2.14. The van der Waals surface area contributed by atoms with E-state index in [1.165, 1.54) is 16.8 Å². The maximum atomic E-state index is 6.09. The average molecular weight is 377 g/mol. The minimum Gasteiger partial charge on any atom is -0.439 e. The highest BCUT2D eigenvalue weighted by Gasteiger charge is 2.28. The smallest absolute Gasteiger partial charge is 0.211 e. The van der Waals surface area contributed by atoms with E-state index in [4.69, 9.17) is 10.2 Å². The Morgan fingerprint density at radius 1 is 1.19 bits per heavy atom. The molecule has 27 heavy (non-hydrogen) atoms. The van der Waals surface area contributed by atoms with Gasteiger partial charge in [-0.15, -0.1) is 11.3 Å². The van der Waals surface area contributed by atoms with Crippen molar-refractivity contribution in [2.24, 2.45) is 0 Å². The van der Waals surface area contributed by atoms with Crippen LogP contribution in [0.3, 0.4) is 0 Å². The van der Waals surface area contributed by atoms with Gasteiger partial charge in [0.2, 0.25) is 5.89 Å². The monoisotopic (exact) mass is 377 g/mol. The molecule has 136 valence electrons. The molecule has 1 aliphatic rings. The number of nitrogens with zero attached hydrogens (tertiary/aromatic N) is 4. The topological polar surface area (TPSA) is 81.1 Å². The van der Waals surface area contributed by atoms with Gasteiger partial charge in [-0.25, -0.2) is 15.0 Å². The maximum absolute atomic E-state index is 6.09. The fraction of sp³-hybridized carbons (Fsp3) is 0.250. The number of aromatic nitrogens is 3. The maximum Gasteiger partial charge on any atom is 0.211 e. The van der Waals surface area contributed by atoms with Crippen LogP contribution in [-0.4, -0.2) is 26.4 Å². The lowest BCUT2D eigenvalue weighted by atomic mass is 10.0. The van der Waals surface area contributed by atoms with Crippen molar-refractivity contribution in [2.45, 2.75) is 25.9 Å². The molecule has 0 amide bonds. The largest absolute Gasteiger partial charge is 0.439 e. The normalized spacial score (nSPS) is 15.7. The zero-order valence-corrected chi connectivity index (χ0v) is 15.7. The summed E-state index contributed by atoms with van der Waals surface area (Å²) in [4.78, 5) is 17.8. The summed E-state index contributed by atoms with van der Waals surface area (Å²) in [7, 11) is 0. The van der Waals surface area contributed by atoms with Gasteiger partial charge in [0.1, 0.15) is 17.0 Å². The molecule has 0 bridgehead atoms. The van der Waals surface area contributed by atoms with Crippen molar-refractivity contribution in [1.29, 1.82) is 0 Å². The number of hydrogen-bond donors (Lipinski definition) is 1. The van der Waals surface area contributed by atoms with E-state index in [0.717, 1.165) is 46.9 Å². The van der Waals surface area contributed by atoms with Crippen LogP contribution in [0, 0.1) is 0 Å². The number of rotatable bonds is 3. The molecule has 3 aromatic heterocycles. The number of oxazole rings is 1. The minimum atomic E-state index is 0.101. The second-order valence-electron chi connectivity index (χ2n) is 6.77. The molecule has 6 nitrogen and oxygen atoms in total. The lowest BCUT2D eigenvalue weighted by Gasteiger charge is -2.30. The van der Waals surface area contributed by atoms with Gasteiger partial charge in [0.15, 0.2) is 5.76 Å². The van der Waals surface area contributed by atoms with Gasteiger partial charge in [0, 0.05) is 23.5 Å². The minimum absolute atomic E-state index is 0.101. The van der Waals surface area contributed by atoms with Crippen LogP contribution < -0.4 is 5.73 Å². The van der Waals surface area contributed by atoms with E-state index in [1.54, 1.807) is 11.3 Å². The van der Waals surface area contributed by atoms with Gasteiger partial charge in [-0.3, -0.25) is 4.90 Å². The Morgan fingerprint density at radius 2 is 2.04 bits per heavy atom. The van der Waals surface area contributed by atoms with Crippen molar-refractivity contribution >= 4 is 27.4 Å². The number of anilines is 1. The third kappa shape index (κ3) is 2.79. The lowest BCUT2D eigenvalue weighted by molar-refractivity contribution is 0.170. The molecule has 1 atom stereocenters. The Balaban J connectivity index is 1.41. The fourth-order valence-electron chi connectivity index (χ4n) is 3.68. The third-order valence-corrected chi connectivity index (χ3v) is 6.31. The van der Waals surface area contributed by atoms with E-state index < -0.39 is 0 Å². The van der Waals surface area contributed by atoms with Gasteiger partial charge >= 0.3 is 0 Å². The molecule has 4 heterocycles. The van der Waals surface area contributed by atoms with Crippen molar-refractivity contribution in [3.05, 3.63) is 59.2 Å².